The third-order valence-electron chi connectivity index (χ3n) is 9.10. The summed E-state index contributed by atoms with van der Waals surface area (Å²) >= 11 is 0. The molecule has 25 heavy (non-hydrogen) atoms. The fourth-order valence-electron chi connectivity index (χ4n) is 7.57. The predicted octanol–water partition coefficient (Wildman–Crippen LogP) is 2.38. The Bertz CT molecular complexity index is 646. The van der Waals surface area contributed by atoms with Crippen LogP contribution in [0, 0.1) is 33.5 Å². The van der Waals surface area contributed by atoms with E-state index in [9.17, 15) is 24.9 Å². The van der Waals surface area contributed by atoms with E-state index in [1.54, 1.807) is 6.92 Å². The van der Waals surface area contributed by atoms with Crippen LogP contribution in [0.15, 0.2) is 0 Å². The van der Waals surface area contributed by atoms with Crippen LogP contribution in [0.3, 0.4) is 0 Å². The summed E-state index contributed by atoms with van der Waals surface area (Å²) < 4.78 is 0. The van der Waals surface area contributed by atoms with E-state index in [0.717, 1.165) is 12.8 Å². The van der Waals surface area contributed by atoms with Crippen LogP contribution in [-0.4, -0.2) is 39.3 Å². The van der Waals surface area contributed by atoms with E-state index in [2.05, 4.69) is 0 Å². The van der Waals surface area contributed by atoms with Gasteiger partial charge in [-0.3, -0.25) is 9.59 Å². The van der Waals surface area contributed by atoms with Crippen LogP contribution < -0.4 is 0 Å². The molecule has 4 rings (SSSR count). The molecule has 8 atom stereocenters. The summed E-state index contributed by atoms with van der Waals surface area (Å²) in [7, 11) is 0. The average Bonchev–Trinajstić information content (AvgIpc) is 2.73. The van der Waals surface area contributed by atoms with Gasteiger partial charge in [-0.25, -0.2) is 0 Å². The lowest BCUT2D eigenvalue weighted by atomic mass is 9.39. The standard InChI is InChI=1S/C20H30O5/c1-17-6-4-11-19(3)12(18(2,16(24)25)7-5-13(19)21)8-14(22)20(11,10-17)9-15(17)23/h11-14,21-22H,4-10H2,1-3H3,(H,24,25)/t11-,12+,13-,14-,17-,18+,19-,20+/m0/s1. The number of Topliss-reactive ketones (excluding diaryl/α,β-unsaturated/α-hetero) is 1. The van der Waals surface area contributed by atoms with Crippen molar-refractivity contribution in [3.63, 3.8) is 0 Å². The zero-order valence-electron chi connectivity index (χ0n) is 15.4. The monoisotopic (exact) mass is 350 g/mol. The number of aliphatic hydroxyl groups excluding tert-OH is 2. The first-order valence-corrected chi connectivity index (χ1v) is 9.63. The van der Waals surface area contributed by atoms with Crippen LogP contribution in [0.5, 0.6) is 0 Å². The number of rotatable bonds is 1. The summed E-state index contributed by atoms with van der Waals surface area (Å²) in [5.41, 5.74) is -2.32. The number of aliphatic carboxylic acids is 1. The predicted molar refractivity (Wildman–Crippen MR) is 90.7 cm³/mol. The van der Waals surface area contributed by atoms with Crippen molar-refractivity contribution in [3.8, 4) is 0 Å². The molecule has 4 aliphatic carbocycles. The van der Waals surface area contributed by atoms with Gasteiger partial charge in [-0.05, 0) is 57.3 Å². The molecule has 0 aliphatic heterocycles. The van der Waals surface area contributed by atoms with E-state index in [0.29, 0.717) is 32.1 Å². The van der Waals surface area contributed by atoms with Crippen LogP contribution in [0.2, 0.25) is 0 Å². The summed E-state index contributed by atoms with van der Waals surface area (Å²) in [6.45, 7) is 5.83. The molecule has 140 valence electrons. The number of hydrogen-bond donors (Lipinski definition) is 3. The lowest BCUT2D eigenvalue weighted by Crippen LogP contribution is -2.67. The minimum absolute atomic E-state index is 0.00208. The molecule has 0 saturated heterocycles. The molecule has 3 N–H and O–H groups in total. The first kappa shape index (κ1) is 17.5. The van der Waals surface area contributed by atoms with Crippen molar-refractivity contribution in [1.29, 1.82) is 0 Å². The van der Waals surface area contributed by atoms with Gasteiger partial charge >= 0.3 is 5.97 Å². The first-order chi connectivity index (χ1) is 11.5. The molecule has 0 aromatic heterocycles. The molecule has 0 aromatic carbocycles. The Morgan fingerprint density at radius 1 is 1.04 bits per heavy atom. The highest BCUT2D eigenvalue weighted by atomic mass is 16.4. The van der Waals surface area contributed by atoms with E-state index in [-0.39, 0.29) is 23.0 Å². The number of carbonyl (C=O) groups excluding carboxylic acids is 1. The van der Waals surface area contributed by atoms with Gasteiger partial charge in [-0.1, -0.05) is 13.8 Å². The van der Waals surface area contributed by atoms with E-state index in [4.69, 9.17) is 0 Å². The number of carboxylic acid groups (broad SMARTS) is 1. The molecule has 5 nitrogen and oxygen atoms in total. The van der Waals surface area contributed by atoms with Gasteiger partial charge in [0.1, 0.15) is 5.78 Å². The van der Waals surface area contributed by atoms with Gasteiger partial charge in [-0.2, -0.15) is 0 Å². The van der Waals surface area contributed by atoms with Crippen LogP contribution >= 0.6 is 0 Å². The number of carbonyl (C=O) groups is 2. The van der Waals surface area contributed by atoms with Crippen LogP contribution in [0.1, 0.15) is 65.7 Å². The zero-order chi connectivity index (χ0) is 18.4. The van der Waals surface area contributed by atoms with Crippen LogP contribution in [-0.2, 0) is 9.59 Å². The Balaban J connectivity index is 1.84. The van der Waals surface area contributed by atoms with Crippen molar-refractivity contribution >= 4 is 11.8 Å². The Morgan fingerprint density at radius 2 is 1.72 bits per heavy atom. The molecule has 5 heteroatoms. The second-order valence-electron chi connectivity index (χ2n) is 10.1. The summed E-state index contributed by atoms with van der Waals surface area (Å²) in [4.78, 5) is 24.8. The maximum absolute atomic E-state index is 12.7. The molecular weight excluding hydrogens is 320 g/mol. The average molecular weight is 350 g/mol. The summed E-state index contributed by atoms with van der Waals surface area (Å²) in [5, 5.41) is 32.1. The van der Waals surface area contributed by atoms with Crippen LogP contribution in [0.25, 0.3) is 0 Å². The topological polar surface area (TPSA) is 94.8 Å². The van der Waals surface area contributed by atoms with Gasteiger partial charge in [0.05, 0.1) is 17.6 Å². The molecular formula is C20H30O5. The molecule has 2 bridgehead atoms. The van der Waals surface area contributed by atoms with Crippen molar-refractivity contribution in [2.45, 2.75) is 77.9 Å². The zero-order valence-corrected chi connectivity index (χ0v) is 15.4. The van der Waals surface area contributed by atoms with Crippen molar-refractivity contribution < 1.29 is 24.9 Å². The molecule has 0 unspecified atom stereocenters. The molecule has 0 heterocycles. The van der Waals surface area contributed by atoms with E-state index >= 15 is 0 Å². The maximum Gasteiger partial charge on any atom is 0.309 e. The molecule has 4 fully saturated rings. The van der Waals surface area contributed by atoms with E-state index < -0.39 is 34.4 Å². The Hall–Kier alpha value is -0.940. The first-order valence-electron chi connectivity index (χ1n) is 9.63. The van der Waals surface area contributed by atoms with Crippen molar-refractivity contribution in [2.24, 2.45) is 33.5 Å². The Morgan fingerprint density at radius 3 is 2.36 bits per heavy atom. The van der Waals surface area contributed by atoms with E-state index in [1.807, 2.05) is 13.8 Å². The van der Waals surface area contributed by atoms with Crippen molar-refractivity contribution in [3.05, 3.63) is 0 Å². The van der Waals surface area contributed by atoms with Gasteiger partial charge in [0, 0.05) is 22.7 Å². The minimum Gasteiger partial charge on any atom is -0.481 e. The normalized spacial score (nSPS) is 57.7. The molecule has 4 aliphatic rings. The third-order valence-corrected chi connectivity index (χ3v) is 9.10. The highest BCUT2D eigenvalue weighted by Gasteiger charge is 2.72. The van der Waals surface area contributed by atoms with Crippen molar-refractivity contribution in [2.75, 3.05) is 0 Å². The number of ketones is 1. The maximum atomic E-state index is 12.7. The Kier molecular flexibility index (Phi) is 3.40. The molecule has 0 radical (unpaired) electrons. The SMILES string of the molecule is C[C@@]12CC[C@@H]3[C@@](CC1=O)(C2)[C@@H](O)C[C@H]1[C@@]3(C)[C@@H](O)CC[C@@]1(C)C(=O)O. The minimum atomic E-state index is -0.931. The number of hydrogen-bond acceptors (Lipinski definition) is 4. The fourth-order valence-corrected chi connectivity index (χ4v) is 7.57. The van der Waals surface area contributed by atoms with Crippen LogP contribution in [0.4, 0.5) is 0 Å². The second-order valence-corrected chi connectivity index (χ2v) is 10.1. The lowest BCUT2D eigenvalue weighted by Gasteiger charge is -2.66. The fraction of sp³-hybridized carbons (Fsp3) is 0.900. The summed E-state index contributed by atoms with van der Waals surface area (Å²) in [5.74, 6) is -0.863. The third kappa shape index (κ3) is 1.86. The highest BCUT2D eigenvalue weighted by Crippen LogP contribution is 2.72. The lowest BCUT2D eigenvalue weighted by molar-refractivity contribution is -0.241. The van der Waals surface area contributed by atoms with Gasteiger partial charge in [0.15, 0.2) is 0 Å². The van der Waals surface area contributed by atoms with Gasteiger partial charge in [-0.15, -0.1) is 0 Å². The highest BCUT2D eigenvalue weighted by molar-refractivity contribution is 5.88. The number of fused-ring (bicyclic) bond motifs is 3. The number of aliphatic hydroxyl groups is 2. The summed E-state index contributed by atoms with van der Waals surface area (Å²) in [6.07, 6.45) is 2.69. The second kappa shape index (κ2) is 4.86. The quantitative estimate of drug-likeness (QED) is 0.675. The van der Waals surface area contributed by atoms with Gasteiger partial charge in [0.2, 0.25) is 0 Å². The van der Waals surface area contributed by atoms with Crippen molar-refractivity contribution in [1.82, 2.24) is 0 Å². The molecule has 0 amide bonds. The van der Waals surface area contributed by atoms with Gasteiger partial charge in [0.25, 0.3) is 0 Å². The van der Waals surface area contributed by atoms with Gasteiger partial charge < -0.3 is 15.3 Å². The molecule has 0 aromatic rings. The smallest absolute Gasteiger partial charge is 0.309 e. The largest absolute Gasteiger partial charge is 0.481 e. The molecule has 4 saturated carbocycles. The summed E-state index contributed by atoms with van der Waals surface area (Å²) in [6, 6.07) is 0. The van der Waals surface area contributed by atoms with E-state index in [1.165, 1.54) is 0 Å². The number of carboxylic acids is 1. The molecule has 1 spiro atoms. The Labute approximate surface area is 148 Å².